The molecular formula is C17H16N4O2. The highest BCUT2D eigenvalue weighted by molar-refractivity contribution is 6.15. The van der Waals surface area contributed by atoms with Crippen LogP contribution in [0.3, 0.4) is 0 Å². The summed E-state index contributed by atoms with van der Waals surface area (Å²) in [6, 6.07) is 12.9. The maximum atomic E-state index is 10.2. The van der Waals surface area contributed by atoms with E-state index in [9.17, 15) is 5.11 Å². The lowest BCUT2D eigenvalue weighted by Crippen LogP contribution is -2.29. The highest BCUT2D eigenvalue weighted by atomic mass is 16.5. The normalized spacial score (nSPS) is 16.1. The first-order valence-corrected chi connectivity index (χ1v) is 7.36. The average molecular weight is 308 g/mol. The standard InChI is InChI=1S/C17H16N4O2/c1-11-19-20-17(12-5-2-3-8-15(12)22)21(11)14-7-4-6-13-16(14)23-10-9-18-13/h2-8,18-19,22H,1,9-10H2. The van der Waals surface area contributed by atoms with Crippen molar-refractivity contribution in [1.82, 2.24) is 5.43 Å². The third kappa shape index (κ3) is 2.15. The zero-order valence-corrected chi connectivity index (χ0v) is 12.4. The number of phenols is 1. The fourth-order valence-electron chi connectivity index (χ4n) is 2.78. The number of aromatic hydroxyl groups is 1. The van der Waals surface area contributed by atoms with Gasteiger partial charge in [0, 0.05) is 6.54 Å². The van der Waals surface area contributed by atoms with Gasteiger partial charge in [-0.2, -0.15) is 5.10 Å². The van der Waals surface area contributed by atoms with Gasteiger partial charge in [0.2, 0.25) is 0 Å². The van der Waals surface area contributed by atoms with Gasteiger partial charge in [-0.3, -0.25) is 10.3 Å². The van der Waals surface area contributed by atoms with Crippen LogP contribution in [0.1, 0.15) is 5.56 Å². The Bertz CT molecular complexity index is 816. The van der Waals surface area contributed by atoms with Crippen molar-refractivity contribution in [3.8, 4) is 11.5 Å². The molecule has 6 heteroatoms. The van der Waals surface area contributed by atoms with Gasteiger partial charge < -0.3 is 15.2 Å². The summed E-state index contributed by atoms with van der Waals surface area (Å²) >= 11 is 0. The third-order valence-corrected chi connectivity index (χ3v) is 3.82. The second-order valence-corrected chi connectivity index (χ2v) is 5.28. The summed E-state index contributed by atoms with van der Waals surface area (Å²) in [5.74, 6) is 2.10. The average Bonchev–Trinajstić information content (AvgIpc) is 2.96. The van der Waals surface area contributed by atoms with E-state index in [-0.39, 0.29) is 5.75 Å². The SMILES string of the molecule is C=C1NN=C(c2ccccc2O)N1c1cccc2c1OCCN2. The van der Waals surface area contributed by atoms with E-state index >= 15 is 0 Å². The van der Waals surface area contributed by atoms with Crippen molar-refractivity contribution >= 4 is 17.2 Å². The highest BCUT2D eigenvalue weighted by Gasteiger charge is 2.29. The Balaban J connectivity index is 1.83. The first kappa shape index (κ1) is 13.5. The minimum Gasteiger partial charge on any atom is -0.507 e. The summed E-state index contributed by atoms with van der Waals surface area (Å²) in [4.78, 5) is 1.85. The van der Waals surface area contributed by atoms with Crippen LogP contribution >= 0.6 is 0 Å². The molecular weight excluding hydrogens is 292 g/mol. The number of anilines is 2. The summed E-state index contributed by atoms with van der Waals surface area (Å²) in [6.45, 7) is 5.38. The lowest BCUT2D eigenvalue weighted by atomic mass is 10.1. The van der Waals surface area contributed by atoms with Crippen molar-refractivity contribution < 1.29 is 9.84 Å². The van der Waals surface area contributed by atoms with Gasteiger partial charge in [0.05, 0.1) is 16.9 Å². The first-order valence-electron chi connectivity index (χ1n) is 7.36. The molecule has 2 aromatic carbocycles. The second kappa shape index (κ2) is 5.24. The number of benzene rings is 2. The number of para-hydroxylation sites is 2. The molecule has 0 saturated heterocycles. The van der Waals surface area contributed by atoms with Crippen LogP contribution in [-0.4, -0.2) is 24.1 Å². The van der Waals surface area contributed by atoms with Gasteiger partial charge in [-0.15, -0.1) is 0 Å². The summed E-state index contributed by atoms with van der Waals surface area (Å²) < 4.78 is 5.84. The van der Waals surface area contributed by atoms with Gasteiger partial charge in [-0.05, 0) is 24.3 Å². The topological polar surface area (TPSA) is 69.1 Å². The van der Waals surface area contributed by atoms with Gasteiger partial charge >= 0.3 is 0 Å². The van der Waals surface area contributed by atoms with Gasteiger partial charge in [-0.25, -0.2) is 0 Å². The molecule has 0 atom stereocenters. The smallest absolute Gasteiger partial charge is 0.170 e. The summed E-state index contributed by atoms with van der Waals surface area (Å²) in [5.41, 5.74) is 5.27. The number of fused-ring (bicyclic) bond motifs is 1. The van der Waals surface area contributed by atoms with Crippen molar-refractivity contribution in [2.24, 2.45) is 5.10 Å². The molecule has 116 valence electrons. The number of hydrazone groups is 1. The Labute approximate surface area is 133 Å². The quantitative estimate of drug-likeness (QED) is 0.795. The summed E-state index contributed by atoms with van der Waals surface area (Å²) in [6.07, 6.45) is 0. The van der Waals surface area contributed by atoms with Gasteiger partial charge in [0.1, 0.15) is 18.2 Å². The number of rotatable bonds is 2. The fraction of sp³-hybridized carbons (Fsp3) is 0.118. The van der Waals surface area contributed by atoms with Gasteiger partial charge in [0.15, 0.2) is 11.6 Å². The molecule has 0 amide bonds. The van der Waals surface area contributed by atoms with E-state index < -0.39 is 0 Å². The van der Waals surface area contributed by atoms with E-state index in [1.807, 2.05) is 35.2 Å². The zero-order valence-electron chi connectivity index (χ0n) is 12.4. The molecule has 4 rings (SSSR count). The number of ether oxygens (including phenoxy) is 1. The molecule has 0 spiro atoms. The van der Waals surface area contributed by atoms with Crippen molar-refractivity contribution in [3.63, 3.8) is 0 Å². The monoisotopic (exact) mass is 308 g/mol. The minimum absolute atomic E-state index is 0.164. The van der Waals surface area contributed by atoms with Gasteiger partial charge in [0.25, 0.3) is 0 Å². The molecule has 0 unspecified atom stereocenters. The molecule has 0 aromatic heterocycles. The predicted molar refractivity (Wildman–Crippen MR) is 89.8 cm³/mol. The highest BCUT2D eigenvalue weighted by Crippen LogP contribution is 2.40. The molecule has 0 aliphatic carbocycles. The molecule has 0 fully saturated rings. The summed E-state index contributed by atoms with van der Waals surface area (Å²) in [5, 5.41) is 17.8. The largest absolute Gasteiger partial charge is 0.507 e. The van der Waals surface area contributed by atoms with Crippen LogP contribution < -0.4 is 20.4 Å². The lowest BCUT2D eigenvalue weighted by Gasteiger charge is -2.27. The number of nitrogens with one attached hydrogen (secondary N) is 2. The zero-order chi connectivity index (χ0) is 15.8. The van der Waals surface area contributed by atoms with E-state index in [2.05, 4.69) is 22.4 Å². The van der Waals surface area contributed by atoms with Crippen LogP contribution in [-0.2, 0) is 0 Å². The molecule has 2 aliphatic heterocycles. The van der Waals surface area contributed by atoms with Crippen LogP contribution in [0.5, 0.6) is 11.5 Å². The fourth-order valence-corrected chi connectivity index (χ4v) is 2.78. The molecule has 2 heterocycles. The number of nitrogens with zero attached hydrogens (tertiary/aromatic N) is 2. The predicted octanol–water partition coefficient (Wildman–Crippen LogP) is 2.44. The van der Waals surface area contributed by atoms with Gasteiger partial charge in [-0.1, -0.05) is 24.8 Å². The molecule has 2 aliphatic rings. The molecule has 6 nitrogen and oxygen atoms in total. The Kier molecular flexibility index (Phi) is 3.08. The third-order valence-electron chi connectivity index (χ3n) is 3.82. The van der Waals surface area contributed by atoms with Crippen molar-refractivity contribution in [2.75, 3.05) is 23.4 Å². The maximum Gasteiger partial charge on any atom is 0.170 e. The Morgan fingerprint density at radius 2 is 2.04 bits per heavy atom. The van der Waals surface area contributed by atoms with Crippen LogP contribution in [0.15, 0.2) is 60.0 Å². The Hall–Kier alpha value is -3.15. The molecule has 0 radical (unpaired) electrons. The van der Waals surface area contributed by atoms with Crippen molar-refractivity contribution in [2.45, 2.75) is 0 Å². The maximum absolute atomic E-state index is 10.2. The number of hydrogen-bond donors (Lipinski definition) is 3. The molecule has 23 heavy (non-hydrogen) atoms. The lowest BCUT2D eigenvalue weighted by molar-refractivity contribution is 0.324. The Morgan fingerprint density at radius 1 is 1.17 bits per heavy atom. The van der Waals surface area contributed by atoms with E-state index in [1.165, 1.54) is 0 Å². The first-order chi connectivity index (χ1) is 11.3. The van der Waals surface area contributed by atoms with E-state index in [0.717, 1.165) is 23.7 Å². The number of hydrogen-bond acceptors (Lipinski definition) is 6. The molecule has 0 saturated carbocycles. The number of phenolic OH excluding ortho intramolecular Hbond substituents is 1. The molecule has 0 bridgehead atoms. The van der Waals surface area contributed by atoms with Crippen LogP contribution in [0.2, 0.25) is 0 Å². The number of amidine groups is 1. The van der Waals surface area contributed by atoms with E-state index in [1.54, 1.807) is 12.1 Å². The van der Waals surface area contributed by atoms with E-state index in [0.29, 0.717) is 23.8 Å². The van der Waals surface area contributed by atoms with Crippen molar-refractivity contribution in [1.29, 1.82) is 0 Å². The van der Waals surface area contributed by atoms with Crippen molar-refractivity contribution in [3.05, 3.63) is 60.4 Å². The Morgan fingerprint density at radius 3 is 2.91 bits per heavy atom. The molecule has 2 aromatic rings. The minimum atomic E-state index is 0.164. The van der Waals surface area contributed by atoms with Crippen LogP contribution in [0.25, 0.3) is 0 Å². The molecule has 3 N–H and O–H groups in total. The summed E-state index contributed by atoms with van der Waals surface area (Å²) in [7, 11) is 0. The van der Waals surface area contributed by atoms with E-state index in [4.69, 9.17) is 4.74 Å². The van der Waals surface area contributed by atoms with Crippen LogP contribution in [0, 0.1) is 0 Å². The van der Waals surface area contributed by atoms with Crippen LogP contribution in [0.4, 0.5) is 11.4 Å². The second-order valence-electron chi connectivity index (χ2n) is 5.28.